The number of rotatable bonds is 9. The van der Waals surface area contributed by atoms with E-state index in [2.05, 4.69) is 10.6 Å². The van der Waals surface area contributed by atoms with Crippen LogP contribution in [0.4, 0.5) is 4.39 Å². The van der Waals surface area contributed by atoms with Crippen molar-refractivity contribution < 1.29 is 32.6 Å². The molecule has 2 fully saturated rings. The molecule has 0 bridgehead atoms. The highest BCUT2D eigenvalue weighted by molar-refractivity contribution is 6.04. The predicted octanol–water partition coefficient (Wildman–Crippen LogP) is 4.42. The molecule has 0 radical (unpaired) electrons. The number of hydrogen-bond acceptors (Lipinski definition) is 7. The van der Waals surface area contributed by atoms with E-state index in [1.165, 1.54) is 12.1 Å². The number of halogens is 1. The maximum Gasteiger partial charge on any atom is 0.294 e. The number of benzene rings is 2. The van der Waals surface area contributed by atoms with Gasteiger partial charge in [0.25, 0.3) is 11.8 Å². The van der Waals surface area contributed by atoms with E-state index in [0.29, 0.717) is 59.5 Å². The second kappa shape index (κ2) is 11.0. The summed E-state index contributed by atoms with van der Waals surface area (Å²) in [6.45, 7) is 2.94. The maximum absolute atomic E-state index is 14.2. The van der Waals surface area contributed by atoms with Gasteiger partial charge >= 0.3 is 0 Å². The lowest BCUT2D eigenvalue weighted by atomic mass is 9.84. The van der Waals surface area contributed by atoms with Crippen molar-refractivity contribution in [1.29, 1.82) is 0 Å². The van der Waals surface area contributed by atoms with Gasteiger partial charge in [-0.2, -0.15) is 0 Å². The molecule has 10 heteroatoms. The van der Waals surface area contributed by atoms with Gasteiger partial charge in [0.1, 0.15) is 23.8 Å². The van der Waals surface area contributed by atoms with Gasteiger partial charge in [0.2, 0.25) is 5.76 Å². The number of furan rings is 1. The minimum absolute atomic E-state index is 0.0606. The molecule has 0 spiro atoms. The number of ether oxygens (including phenoxy) is 3. The van der Waals surface area contributed by atoms with Crippen molar-refractivity contribution >= 4 is 22.8 Å². The normalized spacial score (nSPS) is 24.2. The van der Waals surface area contributed by atoms with E-state index in [4.69, 9.17) is 18.6 Å². The molecular weight excluding hydrogens is 529 g/mol. The molecule has 41 heavy (non-hydrogen) atoms. The largest absolute Gasteiger partial charge is 0.496 e. The lowest BCUT2D eigenvalue weighted by Crippen LogP contribution is -2.64. The number of amides is 2. The van der Waals surface area contributed by atoms with Gasteiger partial charge < -0.3 is 34.2 Å². The summed E-state index contributed by atoms with van der Waals surface area (Å²) in [7, 11) is 3.23. The van der Waals surface area contributed by atoms with E-state index in [0.717, 1.165) is 19.3 Å². The predicted molar refractivity (Wildman–Crippen MR) is 150 cm³/mol. The summed E-state index contributed by atoms with van der Waals surface area (Å²) < 4.78 is 37.3. The number of nitrogens with one attached hydrogen (secondary N) is 2. The summed E-state index contributed by atoms with van der Waals surface area (Å²) in [5.41, 5.74) is 0.869. The van der Waals surface area contributed by atoms with E-state index in [1.54, 1.807) is 38.5 Å². The molecule has 3 aromatic rings. The van der Waals surface area contributed by atoms with Gasteiger partial charge in [-0.05, 0) is 75.4 Å². The third kappa shape index (κ3) is 5.15. The van der Waals surface area contributed by atoms with Gasteiger partial charge in [0.15, 0.2) is 5.75 Å². The zero-order chi connectivity index (χ0) is 28.7. The Hall–Kier alpha value is -3.63. The molecule has 0 saturated heterocycles. The minimum atomic E-state index is -0.739. The summed E-state index contributed by atoms with van der Waals surface area (Å²) in [6, 6.07) is 9.77. The standard InChI is InChI=1S/C31H36FN3O6/c1-31(16-33-15-19-11-20(32)8-10-25(19)39-3)17-40-27-24-9-7-18(29(36)34-21-5-4-6-21)12-26(24)41-28(27)30(37)35(31)22-13-23(14-22)38-2/h7-12,21-23,33H,4-6,13-17H2,1-3H3,(H,34,36)/t22-,23+,31?. The third-order valence-corrected chi connectivity index (χ3v) is 8.70. The summed E-state index contributed by atoms with van der Waals surface area (Å²) in [6.07, 6.45) is 4.61. The topological polar surface area (TPSA) is 102 Å². The highest BCUT2D eigenvalue weighted by atomic mass is 19.1. The van der Waals surface area contributed by atoms with Crippen molar-refractivity contribution in [2.75, 3.05) is 27.4 Å². The van der Waals surface area contributed by atoms with E-state index in [-0.39, 0.29) is 48.2 Å². The van der Waals surface area contributed by atoms with Crippen LogP contribution in [0.3, 0.4) is 0 Å². The second-order valence-electron chi connectivity index (χ2n) is 11.6. The molecule has 218 valence electrons. The Morgan fingerprint density at radius 2 is 1.98 bits per heavy atom. The van der Waals surface area contributed by atoms with Gasteiger partial charge in [-0.15, -0.1) is 0 Å². The first-order chi connectivity index (χ1) is 19.8. The molecular formula is C31H36FN3O6. The highest BCUT2D eigenvalue weighted by Crippen LogP contribution is 2.42. The van der Waals surface area contributed by atoms with Gasteiger partial charge in [0.05, 0.1) is 24.1 Å². The van der Waals surface area contributed by atoms with E-state index in [9.17, 15) is 14.0 Å². The Bertz CT molecular complexity index is 1460. The highest BCUT2D eigenvalue weighted by Gasteiger charge is 2.49. The Morgan fingerprint density at radius 1 is 1.17 bits per heavy atom. The minimum Gasteiger partial charge on any atom is -0.496 e. The molecule has 2 aliphatic carbocycles. The molecule has 1 unspecified atom stereocenters. The van der Waals surface area contributed by atoms with Crippen LogP contribution >= 0.6 is 0 Å². The average molecular weight is 566 g/mol. The van der Waals surface area contributed by atoms with Crippen LogP contribution in [0, 0.1) is 5.82 Å². The van der Waals surface area contributed by atoms with Crippen LogP contribution in [-0.4, -0.2) is 67.8 Å². The molecule has 2 aromatic carbocycles. The number of hydrogen-bond donors (Lipinski definition) is 2. The summed E-state index contributed by atoms with van der Waals surface area (Å²) in [5, 5.41) is 7.09. The molecule has 6 rings (SSSR count). The van der Waals surface area contributed by atoms with Crippen LogP contribution in [0.2, 0.25) is 0 Å². The summed E-state index contributed by atoms with van der Waals surface area (Å²) >= 11 is 0. The molecule has 2 amide bonds. The van der Waals surface area contributed by atoms with Crippen molar-refractivity contribution in [2.24, 2.45) is 0 Å². The SMILES string of the molecule is COc1ccc(F)cc1CNCC1(C)COc2c(oc3cc(C(=O)NC4CCC4)ccc23)C(=O)N1[C@H]1C[C@@H](OC)C1. The summed E-state index contributed by atoms with van der Waals surface area (Å²) in [5.74, 6) is 0.352. The molecule has 3 aliphatic rings. The molecule has 2 heterocycles. The average Bonchev–Trinajstić information content (AvgIpc) is 3.24. The van der Waals surface area contributed by atoms with Crippen molar-refractivity contribution in [3.8, 4) is 11.5 Å². The third-order valence-electron chi connectivity index (χ3n) is 8.70. The fraction of sp³-hybridized carbons (Fsp3) is 0.484. The number of nitrogens with zero attached hydrogens (tertiary/aromatic N) is 1. The van der Waals surface area contributed by atoms with E-state index in [1.807, 2.05) is 11.8 Å². The Kier molecular flexibility index (Phi) is 7.37. The van der Waals surface area contributed by atoms with E-state index >= 15 is 0 Å². The van der Waals surface area contributed by atoms with Crippen LogP contribution < -0.4 is 20.1 Å². The zero-order valence-corrected chi connectivity index (χ0v) is 23.6. The first-order valence-corrected chi connectivity index (χ1v) is 14.2. The van der Waals surface area contributed by atoms with E-state index < -0.39 is 5.54 Å². The number of methoxy groups -OCH3 is 2. The Morgan fingerprint density at radius 3 is 2.68 bits per heavy atom. The number of fused-ring (bicyclic) bond motifs is 3. The van der Waals surface area contributed by atoms with Gasteiger partial charge in [-0.25, -0.2) is 4.39 Å². The second-order valence-corrected chi connectivity index (χ2v) is 11.6. The fourth-order valence-corrected chi connectivity index (χ4v) is 6.01. The molecule has 2 N–H and O–H groups in total. The van der Waals surface area contributed by atoms with Crippen LogP contribution in [0.1, 0.15) is 65.5 Å². The van der Waals surface area contributed by atoms with Crippen molar-refractivity contribution in [2.45, 2.75) is 69.3 Å². The molecule has 1 atom stereocenters. The number of carbonyl (C=O) groups is 2. The fourth-order valence-electron chi connectivity index (χ4n) is 6.01. The smallest absolute Gasteiger partial charge is 0.294 e. The maximum atomic E-state index is 14.2. The van der Waals surface area contributed by atoms with Gasteiger partial charge in [-0.3, -0.25) is 9.59 Å². The van der Waals surface area contributed by atoms with Crippen molar-refractivity contribution in [3.63, 3.8) is 0 Å². The van der Waals surface area contributed by atoms with Crippen LogP contribution in [0.25, 0.3) is 11.0 Å². The first kappa shape index (κ1) is 27.5. The molecule has 2 saturated carbocycles. The first-order valence-electron chi connectivity index (χ1n) is 14.2. The zero-order valence-electron chi connectivity index (χ0n) is 23.6. The lowest BCUT2D eigenvalue weighted by molar-refractivity contribution is -0.0554. The quantitative estimate of drug-likeness (QED) is 0.396. The number of carbonyl (C=O) groups excluding carboxylic acids is 2. The van der Waals surface area contributed by atoms with Gasteiger partial charge in [-0.1, -0.05) is 0 Å². The van der Waals surface area contributed by atoms with Crippen LogP contribution in [-0.2, 0) is 11.3 Å². The molecule has 1 aromatic heterocycles. The molecule has 9 nitrogen and oxygen atoms in total. The molecule has 1 aliphatic heterocycles. The van der Waals surface area contributed by atoms with Crippen molar-refractivity contribution in [3.05, 3.63) is 59.1 Å². The summed E-state index contributed by atoms with van der Waals surface area (Å²) in [4.78, 5) is 28.8. The monoisotopic (exact) mass is 565 g/mol. The lowest BCUT2D eigenvalue weighted by Gasteiger charge is -2.49. The van der Waals surface area contributed by atoms with Gasteiger partial charge in [0, 0.05) is 43.4 Å². The Balaban J connectivity index is 1.26. The van der Waals surface area contributed by atoms with Crippen LogP contribution in [0.15, 0.2) is 40.8 Å². The Labute approximate surface area is 238 Å². The van der Waals surface area contributed by atoms with Crippen molar-refractivity contribution in [1.82, 2.24) is 15.5 Å². The van der Waals surface area contributed by atoms with Crippen LogP contribution in [0.5, 0.6) is 11.5 Å².